The van der Waals surface area contributed by atoms with E-state index in [1.165, 1.54) is 0 Å². The zero-order chi connectivity index (χ0) is 11.8. The third kappa shape index (κ3) is 1.62. The van der Waals surface area contributed by atoms with Crippen LogP contribution < -0.4 is 0 Å². The molecule has 1 N–H and O–H groups in total. The van der Waals surface area contributed by atoms with Gasteiger partial charge in [-0.05, 0) is 24.3 Å². The second-order valence-electron chi connectivity index (χ2n) is 3.62. The fourth-order valence-electron chi connectivity index (χ4n) is 1.73. The van der Waals surface area contributed by atoms with Crippen molar-refractivity contribution in [1.82, 2.24) is 14.6 Å². The van der Waals surface area contributed by atoms with E-state index >= 15 is 0 Å². The first-order valence-corrected chi connectivity index (χ1v) is 5.42. The molecule has 0 saturated heterocycles. The van der Waals surface area contributed by atoms with E-state index in [4.69, 9.17) is 11.6 Å². The number of phenols is 1. The van der Waals surface area contributed by atoms with E-state index in [0.717, 1.165) is 5.56 Å². The predicted octanol–water partition coefficient (Wildman–Crippen LogP) is 2.76. The quantitative estimate of drug-likeness (QED) is 0.671. The molecule has 0 bridgehead atoms. The largest absolute Gasteiger partial charge is 0.508 e. The van der Waals surface area contributed by atoms with Gasteiger partial charge in [-0.2, -0.15) is 0 Å². The molecule has 0 radical (unpaired) electrons. The lowest BCUT2D eigenvalue weighted by molar-refractivity contribution is 0.475. The molecule has 2 heterocycles. The predicted molar refractivity (Wildman–Crippen MR) is 65.1 cm³/mol. The molecule has 2 aromatic heterocycles. The number of nitrogens with zero attached hydrogens (tertiary/aromatic N) is 3. The Morgan fingerprint density at radius 3 is 2.71 bits per heavy atom. The molecule has 4 nitrogen and oxygen atoms in total. The Hall–Kier alpha value is -2.07. The van der Waals surface area contributed by atoms with Gasteiger partial charge < -0.3 is 5.11 Å². The summed E-state index contributed by atoms with van der Waals surface area (Å²) in [6.45, 7) is 0. The van der Waals surface area contributed by atoms with Crippen LogP contribution >= 0.6 is 11.6 Å². The summed E-state index contributed by atoms with van der Waals surface area (Å²) in [6.07, 6.45) is 0. The highest BCUT2D eigenvalue weighted by Gasteiger charge is 2.10. The molecule has 0 saturated carbocycles. The first-order chi connectivity index (χ1) is 8.25. The second-order valence-corrected chi connectivity index (χ2v) is 4.00. The molecule has 84 valence electrons. The maximum Gasteiger partial charge on any atom is 0.169 e. The van der Waals surface area contributed by atoms with E-state index in [1.807, 2.05) is 18.2 Å². The summed E-state index contributed by atoms with van der Waals surface area (Å²) in [5.41, 5.74) is 1.45. The van der Waals surface area contributed by atoms with Crippen LogP contribution in [0.15, 0.2) is 42.5 Å². The topological polar surface area (TPSA) is 50.4 Å². The van der Waals surface area contributed by atoms with Crippen molar-refractivity contribution in [3.8, 4) is 17.1 Å². The fourth-order valence-corrected chi connectivity index (χ4v) is 1.97. The van der Waals surface area contributed by atoms with Crippen LogP contribution in [-0.4, -0.2) is 19.7 Å². The number of fused-ring (bicyclic) bond motifs is 1. The molecule has 3 rings (SSSR count). The first kappa shape index (κ1) is 10.1. The summed E-state index contributed by atoms with van der Waals surface area (Å²) >= 11 is 6.11. The smallest absolute Gasteiger partial charge is 0.169 e. The van der Waals surface area contributed by atoms with Crippen LogP contribution in [0, 0.1) is 0 Å². The van der Waals surface area contributed by atoms with Crippen LogP contribution in [-0.2, 0) is 0 Å². The Morgan fingerprint density at radius 2 is 1.88 bits per heavy atom. The van der Waals surface area contributed by atoms with Crippen LogP contribution in [0.25, 0.3) is 17.0 Å². The molecule has 1 aromatic carbocycles. The van der Waals surface area contributed by atoms with Gasteiger partial charge in [0, 0.05) is 5.56 Å². The van der Waals surface area contributed by atoms with Gasteiger partial charge in [0.15, 0.2) is 11.5 Å². The second kappa shape index (κ2) is 3.75. The molecule has 0 amide bonds. The highest BCUT2D eigenvalue weighted by atomic mass is 35.5. The first-order valence-electron chi connectivity index (χ1n) is 5.05. The number of aromatic hydroxyl groups is 1. The minimum atomic E-state index is 0.186. The Balaban J connectivity index is 2.31. The van der Waals surface area contributed by atoms with Crippen LogP contribution in [0.2, 0.25) is 5.15 Å². The van der Waals surface area contributed by atoms with E-state index in [9.17, 15) is 5.11 Å². The minimum absolute atomic E-state index is 0.186. The van der Waals surface area contributed by atoms with E-state index in [1.54, 1.807) is 28.7 Å². The SMILES string of the molecule is Oc1cccc(-c2nnc3cccc(Cl)n23)c1. The maximum atomic E-state index is 9.46. The third-order valence-corrected chi connectivity index (χ3v) is 2.78. The van der Waals surface area contributed by atoms with Crippen LogP contribution in [0.4, 0.5) is 0 Å². The van der Waals surface area contributed by atoms with Gasteiger partial charge in [-0.25, -0.2) is 0 Å². The summed E-state index contributed by atoms with van der Waals surface area (Å²) in [6, 6.07) is 12.2. The third-order valence-electron chi connectivity index (χ3n) is 2.49. The van der Waals surface area contributed by atoms with Crippen molar-refractivity contribution in [2.45, 2.75) is 0 Å². The lowest BCUT2D eigenvalue weighted by atomic mass is 10.2. The number of halogens is 1. The maximum absolute atomic E-state index is 9.46. The molecule has 0 aliphatic heterocycles. The molecular weight excluding hydrogens is 238 g/mol. The van der Waals surface area contributed by atoms with Gasteiger partial charge in [-0.15, -0.1) is 10.2 Å². The summed E-state index contributed by atoms with van der Waals surface area (Å²) in [5.74, 6) is 0.799. The Labute approximate surface area is 102 Å². The molecule has 0 unspecified atom stereocenters. The van der Waals surface area contributed by atoms with Gasteiger partial charge in [0.2, 0.25) is 0 Å². The molecule has 17 heavy (non-hydrogen) atoms. The van der Waals surface area contributed by atoms with Gasteiger partial charge in [0.1, 0.15) is 10.9 Å². The van der Waals surface area contributed by atoms with Gasteiger partial charge in [-0.3, -0.25) is 4.40 Å². The molecule has 0 fully saturated rings. The van der Waals surface area contributed by atoms with Crippen molar-refractivity contribution in [1.29, 1.82) is 0 Å². The molecule has 5 heteroatoms. The number of phenolic OH excluding ortho intramolecular Hbond substituents is 1. The average molecular weight is 246 g/mol. The Kier molecular flexibility index (Phi) is 2.23. The van der Waals surface area contributed by atoms with Crippen LogP contribution in [0.1, 0.15) is 0 Å². The molecule has 0 aliphatic carbocycles. The molecular formula is C12H8ClN3O. The minimum Gasteiger partial charge on any atom is -0.508 e. The fraction of sp³-hybridized carbons (Fsp3) is 0. The van der Waals surface area contributed by atoms with Crippen molar-refractivity contribution in [2.24, 2.45) is 0 Å². The number of benzene rings is 1. The van der Waals surface area contributed by atoms with E-state index in [2.05, 4.69) is 10.2 Å². The molecule has 0 aliphatic rings. The van der Waals surface area contributed by atoms with Crippen molar-refractivity contribution >= 4 is 17.2 Å². The summed E-state index contributed by atoms with van der Waals surface area (Å²) in [7, 11) is 0. The van der Waals surface area contributed by atoms with Gasteiger partial charge >= 0.3 is 0 Å². The standard InChI is InChI=1S/C12H8ClN3O/c13-10-5-2-6-11-14-15-12(16(10)11)8-3-1-4-9(17)7-8/h1-7,17H. The van der Waals surface area contributed by atoms with E-state index in [-0.39, 0.29) is 5.75 Å². The van der Waals surface area contributed by atoms with E-state index < -0.39 is 0 Å². The average Bonchev–Trinajstić information content (AvgIpc) is 2.74. The lowest BCUT2D eigenvalue weighted by Crippen LogP contribution is -1.90. The summed E-state index contributed by atoms with van der Waals surface area (Å²) < 4.78 is 1.73. The van der Waals surface area contributed by atoms with Crippen LogP contribution in [0.5, 0.6) is 5.75 Å². The number of hydrogen-bond donors (Lipinski definition) is 1. The van der Waals surface area contributed by atoms with Crippen molar-refractivity contribution in [3.63, 3.8) is 0 Å². The highest BCUT2D eigenvalue weighted by molar-refractivity contribution is 6.29. The van der Waals surface area contributed by atoms with Gasteiger partial charge in [0.05, 0.1) is 0 Å². The monoisotopic (exact) mass is 245 g/mol. The van der Waals surface area contributed by atoms with Crippen molar-refractivity contribution < 1.29 is 5.11 Å². The summed E-state index contributed by atoms with van der Waals surface area (Å²) in [4.78, 5) is 0. The molecule has 0 atom stereocenters. The molecule has 3 aromatic rings. The van der Waals surface area contributed by atoms with Crippen LogP contribution in [0.3, 0.4) is 0 Å². The van der Waals surface area contributed by atoms with Crippen molar-refractivity contribution in [2.75, 3.05) is 0 Å². The number of aromatic nitrogens is 3. The zero-order valence-electron chi connectivity index (χ0n) is 8.71. The van der Waals surface area contributed by atoms with Gasteiger partial charge in [-0.1, -0.05) is 29.8 Å². The Bertz CT molecular complexity index is 693. The number of hydrogen-bond acceptors (Lipinski definition) is 3. The molecule has 0 spiro atoms. The van der Waals surface area contributed by atoms with Crippen molar-refractivity contribution in [3.05, 3.63) is 47.6 Å². The highest BCUT2D eigenvalue weighted by Crippen LogP contribution is 2.24. The summed E-state index contributed by atoms with van der Waals surface area (Å²) in [5, 5.41) is 18.1. The van der Waals surface area contributed by atoms with Gasteiger partial charge in [0.25, 0.3) is 0 Å². The Morgan fingerprint density at radius 1 is 1.06 bits per heavy atom. The number of rotatable bonds is 1. The number of pyridine rings is 1. The normalized spacial score (nSPS) is 10.9. The lowest BCUT2D eigenvalue weighted by Gasteiger charge is -2.02. The van der Waals surface area contributed by atoms with E-state index in [0.29, 0.717) is 16.6 Å². The zero-order valence-corrected chi connectivity index (χ0v) is 9.46.